The van der Waals surface area contributed by atoms with E-state index >= 15 is 0 Å². The summed E-state index contributed by atoms with van der Waals surface area (Å²) in [7, 11) is 0. The van der Waals surface area contributed by atoms with E-state index in [2.05, 4.69) is 45.0 Å². The average molecular weight is 440 g/mol. The quantitative estimate of drug-likeness (QED) is 0.310. The standard InChI is InChI=1S/C27H29N5O/c1-4-7-10-17-31-22(6-3)30-25-23(27(31)33)24-26(29-21-12-9-8-11-20(21)28-24)32(25)19-15-13-18(5-2)14-16-19/h8-9,11-16H,4-7,10,17H2,1-3H3. The number of nitrogens with zero attached hydrogens (tertiary/aromatic N) is 5. The van der Waals surface area contributed by atoms with Gasteiger partial charge in [-0.2, -0.15) is 0 Å². The lowest BCUT2D eigenvalue weighted by molar-refractivity contribution is 0.560. The number of unbranched alkanes of at least 4 members (excludes halogenated alkanes) is 2. The topological polar surface area (TPSA) is 65.6 Å². The van der Waals surface area contributed by atoms with Gasteiger partial charge in [0.05, 0.1) is 11.0 Å². The van der Waals surface area contributed by atoms with E-state index in [4.69, 9.17) is 15.0 Å². The Bertz CT molecular complexity index is 1510. The fourth-order valence-electron chi connectivity index (χ4n) is 4.52. The molecule has 0 aliphatic heterocycles. The third-order valence-electron chi connectivity index (χ3n) is 6.35. The summed E-state index contributed by atoms with van der Waals surface area (Å²) in [5.41, 5.74) is 5.69. The first-order valence-corrected chi connectivity index (χ1v) is 12.0. The first-order chi connectivity index (χ1) is 16.2. The van der Waals surface area contributed by atoms with Gasteiger partial charge in [-0.25, -0.2) is 15.0 Å². The molecule has 0 amide bonds. The lowest BCUT2D eigenvalue weighted by atomic mass is 10.1. The molecule has 168 valence electrons. The molecule has 0 aliphatic carbocycles. The highest BCUT2D eigenvalue weighted by Crippen LogP contribution is 2.29. The van der Waals surface area contributed by atoms with E-state index in [-0.39, 0.29) is 5.56 Å². The van der Waals surface area contributed by atoms with Crippen LogP contribution in [0.4, 0.5) is 0 Å². The molecule has 0 radical (unpaired) electrons. The van der Waals surface area contributed by atoms with Crippen LogP contribution in [0, 0.1) is 0 Å². The Balaban J connectivity index is 1.89. The molecule has 0 bridgehead atoms. The first kappa shape index (κ1) is 21.3. The van der Waals surface area contributed by atoms with Gasteiger partial charge in [-0.15, -0.1) is 0 Å². The van der Waals surface area contributed by atoms with Crippen LogP contribution >= 0.6 is 0 Å². The van der Waals surface area contributed by atoms with Gasteiger partial charge in [0.2, 0.25) is 0 Å². The number of para-hydroxylation sites is 2. The van der Waals surface area contributed by atoms with Crippen LogP contribution < -0.4 is 5.56 Å². The molecule has 0 fully saturated rings. The highest BCUT2D eigenvalue weighted by Gasteiger charge is 2.22. The monoisotopic (exact) mass is 439 g/mol. The molecule has 3 heterocycles. The molecule has 0 unspecified atom stereocenters. The Morgan fingerprint density at radius 1 is 0.788 bits per heavy atom. The van der Waals surface area contributed by atoms with Crippen LogP contribution in [0.3, 0.4) is 0 Å². The third kappa shape index (κ3) is 3.59. The van der Waals surface area contributed by atoms with Gasteiger partial charge in [-0.05, 0) is 42.7 Å². The van der Waals surface area contributed by atoms with Crippen LogP contribution in [0.2, 0.25) is 0 Å². The zero-order valence-corrected chi connectivity index (χ0v) is 19.5. The molecule has 0 aliphatic rings. The fraction of sp³-hybridized carbons (Fsp3) is 0.333. The fourth-order valence-corrected chi connectivity index (χ4v) is 4.52. The summed E-state index contributed by atoms with van der Waals surface area (Å²) < 4.78 is 3.85. The van der Waals surface area contributed by atoms with Gasteiger partial charge in [0.25, 0.3) is 5.56 Å². The number of rotatable bonds is 7. The van der Waals surface area contributed by atoms with Crippen LogP contribution in [-0.4, -0.2) is 24.1 Å². The van der Waals surface area contributed by atoms with E-state index in [9.17, 15) is 4.79 Å². The number of hydrogen-bond acceptors (Lipinski definition) is 4. The largest absolute Gasteiger partial charge is 0.296 e. The van der Waals surface area contributed by atoms with Gasteiger partial charge in [0.1, 0.15) is 16.7 Å². The Morgan fingerprint density at radius 3 is 2.18 bits per heavy atom. The van der Waals surface area contributed by atoms with E-state index in [1.807, 2.05) is 33.4 Å². The predicted octanol–water partition coefficient (Wildman–Crippen LogP) is 5.60. The van der Waals surface area contributed by atoms with Crippen molar-refractivity contribution in [1.82, 2.24) is 24.1 Å². The van der Waals surface area contributed by atoms with Crippen molar-refractivity contribution in [3.8, 4) is 5.69 Å². The predicted molar refractivity (Wildman–Crippen MR) is 134 cm³/mol. The number of aryl methyl sites for hydroxylation is 2. The second kappa shape index (κ2) is 8.77. The number of hydrogen-bond donors (Lipinski definition) is 0. The van der Waals surface area contributed by atoms with Crippen molar-refractivity contribution < 1.29 is 0 Å². The normalized spacial score (nSPS) is 11.7. The summed E-state index contributed by atoms with van der Waals surface area (Å²) in [5.74, 6) is 0.808. The molecule has 0 atom stereocenters. The van der Waals surface area contributed by atoms with Gasteiger partial charge in [0.15, 0.2) is 11.3 Å². The molecule has 0 saturated heterocycles. The van der Waals surface area contributed by atoms with Gasteiger partial charge in [0, 0.05) is 18.7 Å². The molecule has 5 rings (SSSR count). The molecular weight excluding hydrogens is 410 g/mol. The van der Waals surface area contributed by atoms with Gasteiger partial charge in [-0.1, -0.05) is 57.9 Å². The Labute approximate surface area is 192 Å². The zero-order valence-electron chi connectivity index (χ0n) is 19.5. The summed E-state index contributed by atoms with van der Waals surface area (Å²) in [5, 5.41) is 0.552. The van der Waals surface area contributed by atoms with Crippen molar-refractivity contribution in [2.24, 2.45) is 0 Å². The van der Waals surface area contributed by atoms with Crippen molar-refractivity contribution in [1.29, 1.82) is 0 Å². The van der Waals surface area contributed by atoms with Crippen LogP contribution in [-0.2, 0) is 19.4 Å². The van der Waals surface area contributed by atoms with Crippen LogP contribution in [0.15, 0.2) is 53.3 Å². The van der Waals surface area contributed by atoms with Gasteiger partial charge in [-0.3, -0.25) is 13.9 Å². The Morgan fingerprint density at radius 2 is 1.52 bits per heavy atom. The van der Waals surface area contributed by atoms with Gasteiger partial charge >= 0.3 is 0 Å². The van der Waals surface area contributed by atoms with Crippen LogP contribution in [0.25, 0.3) is 38.9 Å². The minimum atomic E-state index is -0.0218. The minimum Gasteiger partial charge on any atom is -0.296 e. The molecule has 6 nitrogen and oxygen atoms in total. The maximum absolute atomic E-state index is 13.8. The van der Waals surface area contributed by atoms with Crippen molar-refractivity contribution >= 4 is 33.2 Å². The molecule has 2 aromatic carbocycles. The van der Waals surface area contributed by atoms with Crippen LogP contribution in [0.1, 0.15) is 51.4 Å². The molecule has 0 saturated carbocycles. The lowest BCUT2D eigenvalue weighted by Crippen LogP contribution is -2.25. The number of aromatic nitrogens is 5. The minimum absolute atomic E-state index is 0.0218. The highest BCUT2D eigenvalue weighted by atomic mass is 16.1. The van der Waals surface area contributed by atoms with Crippen molar-refractivity contribution in [3.05, 3.63) is 70.3 Å². The molecule has 0 spiro atoms. The van der Waals surface area contributed by atoms with Crippen molar-refractivity contribution in [2.45, 2.75) is 59.4 Å². The first-order valence-electron chi connectivity index (χ1n) is 12.0. The summed E-state index contributed by atoms with van der Waals surface area (Å²) in [6, 6.07) is 16.2. The van der Waals surface area contributed by atoms with E-state index in [1.54, 1.807) is 0 Å². The second-order valence-corrected chi connectivity index (χ2v) is 8.48. The summed E-state index contributed by atoms with van der Waals surface area (Å²) in [6.45, 7) is 7.04. The van der Waals surface area contributed by atoms with E-state index in [0.29, 0.717) is 35.2 Å². The SMILES string of the molecule is CCCCCn1c(CC)nc2c(c1=O)c1nc3ccccc3nc1n2-c1ccc(CC)cc1. The smallest absolute Gasteiger partial charge is 0.265 e. The summed E-state index contributed by atoms with van der Waals surface area (Å²) >= 11 is 0. The van der Waals surface area contributed by atoms with E-state index in [1.165, 1.54) is 5.56 Å². The maximum atomic E-state index is 13.8. The number of fused-ring (bicyclic) bond motifs is 4. The molecule has 5 aromatic rings. The van der Waals surface area contributed by atoms with Crippen LogP contribution in [0.5, 0.6) is 0 Å². The Kier molecular flexibility index (Phi) is 5.67. The molecular formula is C27H29N5O. The highest BCUT2D eigenvalue weighted by molar-refractivity contribution is 6.05. The van der Waals surface area contributed by atoms with E-state index in [0.717, 1.165) is 48.2 Å². The van der Waals surface area contributed by atoms with Crippen molar-refractivity contribution in [3.63, 3.8) is 0 Å². The summed E-state index contributed by atoms with van der Waals surface area (Å²) in [4.78, 5) is 28.7. The third-order valence-corrected chi connectivity index (χ3v) is 6.35. The molecule has 3 aromatic heterocycles. The summed E-state index contributed by atoms with van der Waals surface area (Å²) in [6.07, 6.45) is 4.82. The zero-order chi connectivity index (χ0) is 22.9. The van der Waals surface area contributed by atoms with Crippen molar-refractivity contribution in [2.75, 3.05) is 0 Å². The molecule has 0 N–H and O–H groups in total. The Hall–Kier alpha value is -3.54. The molecule has 6 heteroatoms. The molecule has 33 heavy (non-hydrogen) atoms. The van der Waals surface area contributed by atoms with E-state index < -0.39 is 0 Å². The maximum Gasteiger partial charge on any atom is 0.265 e. The second-order valence-electron chi connectivity index (χ2n) is 8.48. The lowest BCUT2D eigenvalue weighted by Gasteiger charge is -2.12. The average Bonchev–Trinajstić information content (AvgIpc) is 3.17. The number of benzene rings is 2. The van der Waals surface area contributed by atoms with Gasteiger partial charge < -0.3 is 0 Å².